The van der Waals surface area contributed by atoms with Crippen LogP contribution in [-0.2, 0) is 17.9 Å². The van der Waals surface area contributed by atoms with Crippen LogP contribution in [0.25, 0.3) is 5.69 Å². The fourth-order valence-electron chi connectivity index (χ4n) is 3.11. The number of nitrogens with one attached hydrogen (secondary N) is 1. The average Bonchev–Trinajstić information content (AvgIpc) is 2.81. The van der Waals surface area contributed by atoms with E-state index in [1.54, 1.807) is 49.6 Å². The molecule has 32 heavy (non-hydrogen) atoms. The normalized spacial score (nSPS) is 10.5. The summed E-state index contributed by atoms with van der Waals surface area (Å²) in [5, 5.41) is 2.73. The highest BCUT2D eigenvalue weighted by Gasteiger charge is 2.11. The van der Waals surface area contributed by atoms with Crippen LogP contribution in [0.15, 0.2) is 64.4 Å². The van der Waals surface area contributed by atoms with Gasteiger partial charge in [-0.2, -0.15) is 0 Å². The van der Waals surface area contributed by atoms with E-state index in [0.29, 0.717) is 29.5 Å². The van der Waals surface area contributed by atoms with Crippen LogP contribution in [0.5, 0.6) is 17.2 Å². The maximum Gasteiger partial charge on any atom is 0.320 e. The number of aromatic nitrogens is 2. The maximum absolute atomic E-state index is 12.5. The van der Waals surface area contributed by atoms with Crippen molar-refractivity contribution in [1.82, 2.24) is 14.5 Å². The fraction of sp³-hybridized carbons (Fsp3) is 0.261. The van der Waals surface area contributed by atoms with Crippen LogP contribution in [0.1, 0.15) is 12.5 Å². The van der Waals surface area contributed by atoms with Gasteiger partial charge in [-0.3, -0.25) is 23.5 Å². The number of hydrogen-bond donors (Lipinski definition) is 1. The van der Waals surface area contributed by atoms with Crippen molar-refractivity contribution in [2.24, 2.45) is 0 Å². The van der Waals surface area contributed by atoms with Crippen molar-refractivity contribution in [2.45, 2.75) is 20.0 Å². The maximum atomic E-state index is 12.5. The second-order valence-corrected chi connectivity index (χ2v) is 6.80. The van der Waals surface area contributed by atoms with Gasteiger partial charge in [0.2, 0.25) is 5.91 Å². The Morgan fingerprint density at radius 2 is 1.66 bits per heavy atom. The van der Waals surface area contributed by atoms with E-state index in [9.17, 15) is 14.4 Å². The van der Waals surface area contributed by atoms with E-state index in [0.717, 1.165) is 10.1 Å². The van der Waals surface area contributed by atoms with Crippen LogP contribution in [0, 0.1) is 0 Å². The van der Waals surface area contributed by atoms with Gasteiger partial charge in [-0.15, -0.1) is 0 Å². The van der Waals surface area contributed by atoms with Crippen LogP contribution in [0.3, 0.4) is 0 Å². The fourth-order valence-corrected chi connectivity index (χ4v) is 3.11. The first-order valence-corrected chi connectivity index (χ1v) is 9.99. The lowest BCUT2D eigenvalue weighted by Crippen LogP contribution is -2.42. The van der Waals surface area contributed by atoms with Gasteiger partial charge in [0.25, 0.3) is 0 Å². The highest BCUT2D eigenvalue weighted by atomic mass is 16.5. The van der Waals surface area contributed by atoms with E-state index in [4.69, 9.17) is 14.2 Å². The molecule has 0 spiro atoms. The predicted octanol–water partition coefficient (Wildman–Crippen LogP) is 1.73. The molecule has 0 saturated carbocycles. The van der Waals surface area contributed by atoms with Gasteiger partial charge < -0.3 is 19.5 Å². The first-order chi connectivity index (χ1) is 15.5. The largest absolute Gasteiger partial charge is 0.494 e. The Morgan fingerprint density at radius 1 is 0.938 bits per heavy atom. The Bertz CT molecular complexity index is 1200. The SMILES string of the molecule is CCOc1ccc(-n2ccn(CC(=O)NCc3ccc(OC)c(OC)c3)c(=O)c2=O)cc1. The quantitative estimate of drug-likeness (QED) is 0.510. The van der Waals surface area contributed by atoms with Crippen molar-refractivity contribution in [3.8, 4) is 22.9 Å². The number of benzene rings is 2. The van der Waals surface area contributed by atoms with Crippen LogP contribution in [0.4, 0.5) is 0 Å². The van der Waals surface area contributed by atoms with Crippen LogP contribution < -0.4 is 30.6 Å². The number of carbonyl (C=O) groups excluding carboxylic acids is 1. The Balaban J connectivity index is 1.68. The van der Waals surface area contributed by atoms with Crippen molar-refractivity contribution in [2.75, 3.05) is 20.8 Å². The molecule has 0 radical (unpaired) electrons. The summed E-state index contributed by atoms with van der Waals surface area (Å²) in [6.07, 6.45) is 2.87. The summed E-state index contributed by atoms with van der Waals surface area (Å²) in [5.41, 5.74) is -0.207. The van der Waals surface area contributed by atoms with Gasteiger partial charge in [0.05, 0.1) is 20.8 Å². The lowest BCUT2D eigenvalue weighted by molar-refractivity contribution is -0.121. The molecule has 168 valence electrons. The van der Waals surface area contributed by atoms with Gasteiger partial charge in [0.15, 0.2) is 11.5 Å². The van der Waals surface area contributed by atoms with E-state index in [1.165, 1.54) is 24.1 Å². The lowest BCUT2D eigenvalue weighted by Gasteiger charge is -2.12. The molecule has 1 aromatic heterocycles. The summed E-state index contributed by atoms with van der Waals surface area (Å²) in [4.78, 5) is 37.4. The molecule has 0 bridgehead atoms. The molecule has 0 aliphatic carbocycles. The Kier molecular flexibility index (Phi) is 7.33. The summed E-state index contributed by atoms with van der Waals surface area (Å²) < 4.78 is 18.1. The van der Waals surface area contributed by atoms with Crippen LogP contribution in [0.2, 0.25) is 0 Å². The van der Waals surface area contributed by atoms with Gasteiger partial charge >= 0.3 is 11.1 Å². The number of hydrogen-bond acceptors (Lipinski definition) is 6. The van der Waals surface area contributed by atoms with Crippen molar-refractivity contribution in [3.05, 3.63) is 81.1 Å². The Labute approximate surface area is 184 Å². The minimum Gasteiger partial charge on any atom is -0.494 e. The molecule has 0 aliphatic heterocycles. The second-order valence-electron chi connectivity index (χ2n) is 6.80. The number of ether oxygens (including phenoxy) is 3. The molecule has 2 aromatic carbocycles. The minimum atomic E-state index is -0.789. The van der Waals surface area contributed by atoms with Gasteiger partial charge in [0, 0.05) is 24.6 Å². The first-order valence-electron chi connectivity index (χ1n) is 9.99. The molecule has 0 unspecified atom stereocenters. The molecule has 0 fully saturated rings. The molecule has 9 heteroatoms. The zero-order valence-corrected chi connectivity index (χ0v) is 18.2. The third kappa shape index (κ3) is 5.18. The molecular formula is C23H25N3O6. The van der Waals surface area contributed by atoms with Gasteiger partial charge in [-0.05, 0) is 48.9 Å². The summed E-state index contributed by atoms with van der Waals surface area (Å²) in [5.74, 6) is 1.40. The average molecular weight is 439 g/mol. The second kappa shape index (κ2) is 10.3. The third-order valence-corrected chi connectivity index (χ3v) is 4.74. The van der Waals surface area contributed by atoms with E-state index in [2.05, 4.69) is 5.32 Å². The predicted molar refractivity (Wildman–Crippen MR) is 119 cm³/mol. The van der Waals surface area contributed by atoms with Crippen molar-refractivity contribution in [3.63, 3.8) is 0 Å². The number of nitrogens with zero attached hydrogens (tertiary/aromatic N) is 2. The van der Waals surface area contributed by atoms with Crippen molar-refractivity contribution >= 4 is 5.91 Å². The number of carbonyl (C=O) groups is 1. The third-order valence-electron chi connectivity index (χ3n) is 4.74. The van der Waals surface area contributed by atoms with Crippen molar-refractivity contribution < 1.29 is 19.0 Å². The van der Waals surface area contributed by atoms with Crippen LogP contribution in [-0.4, -0.2) is 35.9 Å². The van der Waals surface area contributed by atoms with Gasteiger partial charge in [-0.1, -0.05) is 6.07 Å². The van der Waals surface area contributed by atoms with Crippen molar-refractivity contribution in [1.29, 1.82) is 0 Å². The summed E-state index contributed by atoms with van der Waals surface area (Å²) in [6.45, 7) is 2.37. The number of rotatable bonds is 9. The number of methoxy groups -OCH3 is 2. The molecule has 0 saturated heterocycles. The molecule has 0 aliphatic rings. The first kappa shape index (κ1) is 22.7. The van der Waals surface area contributed by atoms with Gasteiger partial charge in [-0.25, -0.2) is 0 Å². The van der Waals surface area contributed by atoms with E-state index in [1.807, 2.05) is 6.92 Å². The molecule has 9 nitrogen and oxygen atoms in total. The molecule has 3 aromatic rings. The van der Waals surface area contributed by atoms with E-state index >= 15 is 0 Å². The Morgan fingerprint density at radius 3 is 2.31 bits per heavy atom. The summed E-state index contributed by atoms with van der Waals surface area (Å²) >= 11 is 0. The standard InChI is InChI=1S/C23H25N3O6/c1-4-32-18-8-6-17(7-9-18)26-12-11-25(22(28)23(26)29)15-21(27)24-14-16-5-10-19(30-2)20(13-16)31-3/h5-13H,4,14-15H2,1-3H3,(H,24,27). The molecule has 1 N–H and O–H groups in total. The van der Waals surface area contributed by atoms with Crippen LogP contribution >= 0.6 is 0 Å². The van der Waals surface area contributed by atoms with E-state index in [-0.39, 0.29) is 13.1 Å². The smallest absolute Gasteiger partial charge is 0.320 e. The lowest BCUT2D eigenvalue weighted by atomic mass is 10.2. The number of amides is 1. The Hall–Kier alpha value is -4.01. The summed E-state index contributed by atoms with van der Waals surface area (Å²) in [6, 6.07) is 12.1. The summed E-state index contributed by atoms with van der Waals surface area (Å²) in [7, 11) is 3.07. The molecular weight excluding hydrogens is 414 g/mol. The molecule has 0 atom stereocenters. The van der Waals surface area contributed by atoms with Gasteiger partial charge in [0.1, 0.15) is 12.3 Å². The zero-order valence-electron chi connectivity index (χ0n) is 18.2. The van der Waals surface area contributed by atoms with E-state index < -0.39 is 17.0 Å². The zero-order chi connectivity index (χ0) is 23.1. The minimum absolute atomic E-state index is 0.233. The highest BCUT2D eigenvalue weighted by Crippen LogP contribution is 2.27. The topological polar surface area (TPSA) is 101 Å². The highest BCUT2D eigenvalue weighted by molar-refractivity contribution is 5.75. The molecule has 1 heterocycles. The molecule has 3 rings (SSSR count). The molecule has 1 amide bonds. The monoisotopic (exact) mass is 439 g/mol.